The molecule has 0 bridgehead atoms. The molecule has 1 nitrogen and oxygen atoms in total. The van der Waals surface area contributed by atoms with E-state index < -0.39 is 23.5 Å². The standard InChI is InChI=1S/C20H21F6NS/c1-11-6-13(18(3,4)5)7-12(2)17(11)28-27-16-9-14(19(21,22)23)8-15(10-16)20(24,25)26/h6-10,27H,1-5H3. The van der Waals surface area contributed by atoms with Gasteiger partial charge < -0.3 is 4.72 Å². The normalized spacial score (nSPS) is 13.0. The zero-order chi connectivity index (χ0) is 21.5. The first-order valence-electron chi connectivity index (χ1n) is 8.43. The molecule has 0 saturated carbocycles. The van der Waals surface area contributed by atoms with Crippen LogP contribution in [0.3, 0.4) is 0 Å². The average molecular weight is 421 g/mol. The Morgan fingerprint density at radius 3 is 1.46 bits per heavy atom. The summed E-state index contributed by atoms with van der Waals surface area (Å²) in [5.74, 6) is 0. The summed E-state index contributed by atoms with van der Waals surface area (Å²) in [6, 6.07) is 5.42. The Bertz CT molecular complexity index is 807. The van der Waals surface area contributed by atoms with Gasteiger partial charge in [0.25, 0.3) is 0 Å². The lowest BCUT2D eigenvalue weighted by atomic mass is 9.85. The molecule has 2 rings (SSSR count). The monoisotopic (exact) mass is 421 g/mol. The fourth-order valence-corrected chi connectivity index (χ4v) is 3.45. The molecule has 0 aliphatic heterocycles. The number of anilines is 1. The number of hydrogen-bond donors (Lipinski definition) is 1. The minimum atomic E-state index is -4.87. The minimum absolute atomic E-state index is 0.0746. The lowest BCUT2D eigenvalue weighted by Crippen LogP contribution is -2.12. The molecule has 0 atom stereocenters. The van der Waals surface area contributed by atoms with Gasteiger partial charge >= 0.3 is 12.4 Å². The van der Waals surface area contributed by atoms with Crippen LogP contribution in [0.1, 0.15) is 48.6 Å². The summed E-state index contributed by atoms with van der Waals surface area (Å²) in [6.45, 7) is 9.91. The molecular weight excluding hydrogens is 400 g/mol. The smallest absolute Gasteiger partial charge is 0.326 e. The summed E-state index contributed by atoms with van der Waals surface area (Å²) in [6.07, 6.45) is -9.74. The second-order valence-corrected chi connectivity index (χ2v) is 8.50. The number of benzene rings is 2. The molecule has 0 aliphatic rings. The lowest BCUT2D eigenvalue weighted by Gasteiger charge is -2.22. The van der Waals surface area contributed by atoms with Gasteiger partial charge in [0.2, 0.25) is 0 Å². The van der Waals surface area contributed by atoms with Crippen LogP contribution in [0.15, 0.2) is 35.2 Å². The maximum absolute atomic E-state index is 13.0. The van der Waals surface area contributed by atoms with Crippen LogP contribution in [-0.4, -0.2) is 0 Å². The van der Waals surface area contributed by atoms with Crippen LogP contribution in [0.25, 0.3) is 0 Å². The zero-order valence-electron chi connectivity index (χ0n) is 16.1. The molecule has 2 aromatic carbocycles. The van der Waals surface area contributed by atoms with Gasteiger partial charge in [0.05, 0.1) is 11.1 Å². The van der Waals surface area contributed by atoms with E-state index in [2.05, 4.69) is 25.5 Å². The van der Waals surface area contributed by atoms with Crippen LogP contribution >= 0.6 is 11.9 Å². The van der Waals surface area contributed by atoms with Crippen LogP contribution in [0, 0.1) is 13.8 Å². The molecule has 0 spiro atoms. The average Bonchev–Trinajstić information content (AvgIpc) is 2.51. The molecule has 8 heteroatoms. The van der Waals surface area contributed by atoms with Crippen LogP contribution in [-0.2, 0) is 17.8 Å². The van der Waals surface area contributed by atoms with Gasteiger partial charge in [0, 0.05) is 10.6 Å². The molecule has 0 saturated heterocycles. The summed E-state index contributed by atoms with van der Waals surface area (Å²) < 4.78 is 80.5. The maximum atomic E-state index is 13.0. The maximum Gasteiger partial charge on any atom is 0.416 e. The van der Waals surface area contributed by atoms with Gasteiger partial charge in [-0.2, -0.15) is 26.3 Å². The molecule has 0 heterocycles. The number of hydrogen-bond acceptors (Lipinski definition) is 2. The van der Waals surface area contributed by atoms with E-state index >= 15 is 0 Å². The van der Waals surface area contributed by atoms with E-state index in [0.29, 0.717) is 12.1 Å². The van der Waals surface area contributed by atoms with Crippen LogP contribution in [0.2, 0.25) is 0 Å². The Labute approximate surface area is 164 Å². The molecule has 0 radical (unpaired) electrons. The first-order valence-corrected chi connectivity index (χ1v) is 9.25. The molecular formula is C20H21F6NS. The molecule has 0 amide bonds. The van der Waals surface area contributed by atoms with Crippen molar-refractivity contribution in [3.05, 3.63) is 58.1 Å². The third-order valence-corrected chi connectivity index (χ3v) is 5.37. The number of halogens is 6. The van der Waals surface area contributed by atoms with E-state index in [4.69, 9.17) is 0 Å². The summed E-state index contributed by atoms with van der Waals surface area (Å²) in [5, 5.41) is 0. The number of rotatable bonds is 3. The summed E-state index contributed by atoms with van der Waals surface area (Å²) in [7, 11) is 0. The molecule has 28 heavy (non-hydrogen) atoms. The predicted molar refractivity (Wildman–Crippen MR) is 101 cm³/mol. The first kappa shape index (κ1) is 22.5. The Balaban J connectivity index is 2.37. The zero-order valence-corrected chi connectivity index (χ0v) is 16.9. The van der Waals surface area contributed by atoms with Gasteiger partial charge in [-0.15, -0.1) is 0 Å². The van der Waals surface area contributed by atoms with E-state index in [0.717, 1.165) is 33.5 Å². The fourth-order valence-electron chi connectivity index (χ4n) is 2.67. The SMILES string of the molecule is Cc1cc(C(C)(C)C)cc(C)c1SNc1cc(C(F)(F)F)cc(C(F)(F)F)c1. The number of aryl methyl sites for hydroxylation is 2. The van der Waals surface area contributed by atoms with Crippen molar-refractivity contribution >= 4 is 17.6 Å². The van der Waals surface area contributed by atoms with Gasteiger partial charge in [0.1, 0.15) is 0 Å². The van der Waals surface area contributed by atoms with Crippen molar-refractivity contribution in [1.29, 1.82) is 0 Å². The lowest BCUT2D eigenvalue weighted by molar-refractivity contribution is -0.143. The highest BCUT2D eigenvalue weighted by Crippen LogP contribution is 2.39. The largest absolute Gasteiger partial charge is 0.416 e. The van der Waals surface area contributed by atoms with Crippen LogP contribution in [0.4, 0.5) is 32.0 Å². The van der Waals surface area contributed by atoms with Crippen molar-refractivity contribution in [2.24, 2.45) is 0 Å². The molecule has 0 aromatic heterocycles. The van der Waals surface area contributed by atoms with Gasteiger partial charge in [-0.25, -0.2) is 0 Å². The van der Waals surface area contributed by atoms with Crippen molar-refractivity contribution in [2.75, 3.05) is 4.72 Å². The summed E-state index contributed by atoms with van der Waals surface area (Å²) in [4.78, 5) is 0.763. The Morgan fingerprint density at radius 1 is 0.679 bits per heavy atom. The van der Waals surface area contributed by atoms with Gasteiger partial charge in [-0.1, -0.05) is 32.9 Å². The molecule has 154 valence electrons. The van der Waals surface area contributed by atoms with E-state index in [1.54, 1.807) is 0 Å². The quantitative estimate of drug-likeness (QED) is 0.401. The van der Waals surface area contributed by atoms with Gasteiger partial charge in [-0.05, 0) is 66.1 Å². The molecule has 0 aliphatic carbocycles. The second-order valence-electron chi connectivity index (χ2n) is 7.69. The van der Waals surface area contributed by atoms with Crippen molar-refractivity contribution in [3.8, 4) is 0 Å². The van der Waals surface area contributed by atoms with Crippen LogP contribution in [0.5, 0.6) is 0 Å². The van der Waals surface area contributed by atoms with Crippen LogP contribution < -0.4 is 4.72 Å². The molecule has 2 aromatic rings. The molecule has 0 fully saturated rings. The summed E-state index contributed by atoms with van der Waals surface area (Å²) >= 11 is 1.00. The molecule has 0 unspecified atom stereocenters. The van der Waals surface area contributed by atoms with Crippen molar-refractivity contribution in [3.63, 3.8) is 0 Å². The highest BCUT2D eigenvalue weighted by atomic mass is 32.2. The third-order valence-electron chi connectivity index (χ3n) is 4.18. The predicted octanol–water partition coefficient (Wildman–Crippen LogP) is 7.76. The molecule has 1 N–H and O–H groups in total. The Kier molecular flexibility index (Phi) is 6.05. The minimum Gasteiger partial charge on any atom is -0.326 e. The second kappa shape index (κ2) is 7.54. The fraction of sp³-hybridized carbons (Fsp3) is 0.400. The highest BCUT2D eigenvalue weighted by molar-refractivity contribution is 8.00. The van der Waals surface area contributed by atoms with Gasteiger partial charge in [0.15, 0.2) is 0 Å². The van der Waals surface area contributed by atoms with Crippen molar-refractivity contribution in [1.82, 2.24) is 0 Å². The number of nitrogens with one attached hydrogen (secondary N) is 1. The van der Waals surface area contributed by atoms with E-state index in [1.807, 2.05) is 26.0 Å². The van der Waals surface area contributed by atoms with Crippen molar-refractivity contribution in [2.45, 2.75) is 57.3 Å². The Hall–Kier alpha value is -1.83. The highest BCUT2D eigenvalue weighted by Gasteiger charge is 2.37. The number of alkyl halides is 6. The topological polar surface area (TPSA) is 12.0 Å². The Morgan fingerprint density at radius 2 is 1.11 bits per heavy atom. The summed E-state index contributed by atoms with van der Waals surface area (Å²) in [5.41, 5.74) is -0.134. The third kappa shape index (κ3) is 5.37. The van der Waals surface area contributed by atoms with Gasteiger partial charge in [-0.3, -0.25) is 0 Å². The van der Waals surface area contributed by atoms with E-state index in [9.17, 15) is 26.3 Å². The van der Waals surface area contributed by atoms with E-state index in [-0.39, 0.29) is 17.2 Å². The first-order chi connectivity index (χ1) is 12.6. The van der Waals surface area contributed by atoms with Crippen molar-refractivity contribution < 1.29 is 26.3 Å². The van der Waals surface area contributed by atoms with E-state index in [1.165, 1.54) is 0 Å².